The summed E-state index contributed by atoms with van der Waals surface area (Å²) >= 11 is 0. The summed E-state index contributed by atoms with van der Waals surface area (Å²) in [5.41, 5.74) is 1.21. The molecule has 0 spiro atoms. The smallest absolute Gasteiger partial charge is 0.236 e. The number of carbonyl (C=O) groups is 1. The van der Waals surface area contributed by atoms with Gasteiger partial charge in [0.15, 0.2) is 0 Å². The summed E-state index contributed by atoms with van der Waals surface area (Å²) in [4.78, 5) is 13.5. The highest BCUT2D eigenvalue weighted by Gasteiger charge is 2.07. The van der Waals surface area contributed by atoms with E-state index in [1.165, 1.54) is 5.56 Å². The Morgan fingerprint density at radius 1 is 1.26 bits per heavy atom. The summed E-state index contributed by atoms with van der Waals surface area (Å²) in [6.45, 7) is 6.61. The van der Waals surface area contributed by atoms with Gasteiger partial charge in [-0.05, 0) is 37.6 Å². The highest BCUT2D eigenvalue weighted by molar-refractivity contribution is 5.77. The van der Waals surface area contributed by atoms with Crippen molar-refractivity contribution in [2.24, 2.45) is 0 Å². The molecule has 1 aromatic carbocycles. The zero-order chi connectivity index (χ0) is 14.1. The van der Waals surface area contributed by atoms with E-state index in [1.54, 1.807) is 4.90 Å². The molecule has 0 saturated heterocycles. The second-order valence-corrected chi connectivity index (χ2v) is 4.42. The van der Waals surface area contributed by atoms with Crippen molar-refractivity contribution < 1.29 is 9.53 Å². The molecule has 1 N–H and O–H groups in total. The van der Waals surface area contributed by atoms with Crippen molar-refractivity contribution in [3.8, 4) is 5.75 Å². The zero-order valence-electron chi connectivity index (χ0n) is 12.1. The SMILES string of the molecule is CCNCC(=O)N(C)CCc1ccc(OCC)cc1. The van der Waals surface area contributed by atoms with Crippen molar-refractivity contribution in [1.29, 1.82) is 0 Å². The van der Waals surface area contributed by atoms with E-state index < -0.39 is 0 Å². The molecule has 1 amide bonds. The third-order valence-electron chi connectivity index (χ3n) is 2.92. The maximum Gasteiger partial charge on any atom is 0.236 e. The topological polar surface area (TPSA) is 41.6 Å². The minimum absolute atomic E-state index is 0.132. The molecule has 0 aromatic heterocycles. The van der Waals surface area contributed by atoms with E-state index in [0.29, 0.717) is 13.2 Å². The molecule has 4 heteroatoms. The number of benzene rings is 1. The molecule has 0 radical (unpaired) electrons. The van der Waals surface area contributed by atoms with Crippen LogP contribution in [0.4, 0.5) is 0 Å². The summed E-state index contributed by atoms with van der Waals surface area (Å²) < 4.78 is 5.40. The van der Waals surface area contributed by atoms with E-state index in [-0.39, 0.29) is 5.91 Å². The number of likely N-dealkylation sites (N-methyl/N-ethyl adjacent to an activating group) is 2. The van der Waals surface area contributed by atoms with Crippen LogP contribution >= 0.6 is 0 Å². The van der Waals surface area contributed by atoms with E-state index in [1.807, 2.05) is 45.2 Å². The average Bonchev–Trinajstić information content (AvgIpc) is 2.44. The van der Waals surface area contributed by atoms with Crippen LogP contribution in [-0.4, -0.2) is 44.1 Å². The minimum Gasteiger partial charge on any atom is -0.494 e. The quantitative estimate of drug-likeness (QED) is 0.777. The first-order chi connectivity index (χ1) is 9.17. The van der Waals surface area contributed by atoms with Crippen molar-refractivity contribution in [2.45, 2.75) is 20.3 Å². The maximum absolute atomic E-state index is 11.7. The Morgan fingerprint density at radius 3 is 2.53 bits per heavy atom. The maximum atomic E-state index is 11.7. The van der Waals surface area contributed by atoms with Crippen LogP contribution in [0.25, 0.3) is 0 Å². The first-order valence-corrected chi connectivity index (χ1v) is 6.83. The van der Waals surface area contributed by atoms with Crippen LogP contribution in [0.3, 0.4) is 0 Å². The number of carbonyl (C=O) groups excluding carboxylic acids is 1. The normalized spacial score (nSPS) is 10.3. The molecule has 106 valence electrons. The van der Waals surface area contributed by atoms with E-state index >= 15 is 0 Å². The number of amides is 1. The third kappa shape index (κ3) is 5.75. The number of rotatable bonds is 8. The Balaban J connectivity index is 2.37. The van der Waals surface area contributed by atoms with Gasteiger partial charge >= 0.3 is 0 Å². The molecule has 1 aromatic rings. The molecular weight excluding hydrogens is 240 g/mol. The molecule has 0 heterocycles. The van der Waals surface area contributed by atoms with Gasteiger partial charge < -0.3 is 15.0 Å². The minimum atomic E-state index is 0.132. The van der Waals surface area contributed by atoms with Gasteiger partial charge in [0.05, 0.1) is 13.2 Å². The standard InChI is InChI=1S/C15H24N2O2/c1-4-16-12-15(18)17(3)11-10-13-6-8-14(9-7-13)19-5-2/h6-9,16H,4-5,10-12H2,1-3H3. The number of nitrogens with zero attached hydrogens (tertiary/aromatic N) is 1. The number of hydrogen-bond donors (Lipinski definition) is 1. The van der Waals surface area contributed by atoms with Crippen molar-refractivity contribution >= 4 is 5.91 Å². The lowest BCUT2D eigenvalue weighted by molar-refractivity contribution is -0.128. The third-order valence-corrected chi connectivity index (χ3v) is 2.92. The molecule has 0 aliphatic carbocycles. The van der Waals surface area contributed by atoms with Crippen molar-refractivity contribution in [3.05, 3.63) is 29.8 Å². The van der Waals surface area contributed by atoms with Crippen molar-refractivity contribution in [2.75, 3.05) is 33.3 Å². The second-order valence-electron chi connectivity index (χ2n) is 4.42. The molecule has 0 atom stereocenters. The highest BCUT2D eigenvalue weighted by atomic mass is 16.5. The summed E-state index contributed by atoms with van der Waals surface area (Å²) in [5.74, 6) is 1.02. The lowest BCUT2D eigenvalue weighted by Crippen LogP contribution is -2.36. The summed E-state index contributed by atoms with van der Waals surface area (Å²) in [5, 5.41) is 3.04. The summed E-state index contributed by atoms with van der Waals surface area (Å²) in [6.07, 6.45) is 0.862. The predicted octanol–water partition coefficient (Wildman–Crippen LogP) is 1.70. The van der Waals surface area contributed by atoms with Crippen LogP contribution in [0.1, 0.15) is 19.4 Å². The van der Waals surface area contributed by atoms with Crippen LogP contribution in [0.5, 0.6) is 5.75 Å². The second kappa shape index (κ2) is 8.53. The lowest BCUT2D eigenvalue weighted by atomic mass is 10.1. The van der Waals surface area contributed by atoms with E-state index in [9.17, 15) is 4.79 Å². The molecule has 0 bridgehead atoms. The molecule has 0 aliphatic rings. The molecule has 0 aliphatic heterocycles. The molecule has 1 rings (SSSR count). The first kappa shape index (κ1) is 15.5. The Kier molecular flexibility index (Phi) is 6.97. The molecule has 19 heavy (non-hydrogen) atoms. The molecular formula is C15H24N2O2. The van der Waals surface area contributed by atoms with Crippen LogP contribution < -0.4 is 10.1 Å². The predicted molar refractivity (Wildman–Crippen MR) is 77.5 cm³/mol. The van der Waals surface area contributed by atoms with E-state index in [4.69, 9.17) is 4.74 Å². The van der Waals surface area contributed by atoms with Gasteiger partial charge in [-0.15, -0.1) is 0 Å². The van der Waals surface area contributed by atoms with Crippen LogP contribution in [-0.2, 0) is 11.2 Å². The molecule has 0 unspecified atom stereocenters. The summed E-state index contributed by atoms with van der Waals surface area (Å²) in [6, 6.07) is 8.04. The van der Waals surface area contributed by atoms with Crippen LogP contribution in [0.15, 0.2) is 24.3 Å². The van der Waals surface area contributed by atoms with Gasteiger partial charge in [-0.25, -0.2) is 0 Å². The van der Waals surface area contributed by atoms with Gasteiger partial charge in [-0.2, -0.15) is 0 Å². The first-order valence-electron chi connectivity index (χ1n) is 6.83. The Bertz CT molecular complexity index is 376. The lowest BCUT2D eigenvalue weighted by Gasteiger charge is -2.17. The molecule has 0 saturated carbocycles. The number of hydrogen-bond acceptors (Lipinski definition) is 3. The van der Waals surface area contributed by atoms with Crippen molar-refractivity contribution in [3.63, 3.8) is 0 Å². The van der Waals surface area contributed by atoms with Crippen LogP contribution in [0, 0.1) is 0 Å². The zero-order valence-corrected chi connectivity index (χ0v) is 12.1. The van der Waals surface area contributed by atoms with Gasteiger partial charge in [0.1, 0.15) is 5.75 Å². The van der Waals surface area contributed by atoms with Gasteiger partial charge in [-0.3, -0.25) is 4.79 Å². The Hall–Kier alpha value is -1.55. The molecule has 0 fully saturated rings. The van der Waals surface area contributed by atoms with Gasteiger partial charge in [-0.1, -0.05) is 19.1 Å². The van der Waals surface area contributed by atoms with Gasteiger partial charge in [0, 0.05) is 13.6 Å². The van der Waals surface area contributed by atoms with E-state index in [2.05, 4.69) is 5.32 Å². The number of ether oxygens (including phenoxy) is 1. The summed E-state index contributed by atoms with van der Waals surface area (Å²) in [7, 11) is 1.84. The monoisotopic (exact) mass is 264 g/mol. The molecule has 4 nitrogen and oxygen atoms in total. The van der Waals surface area contributed by atoms with Crippen LogP contribution in [0.2, 0.25) is 0 Å². The fourth-order valence-corrected chi connectivity index (χ4v) is 1.71. The van der Waals surface area contributed by atoms with E-state index in [0.717, 1.165) is 25.3 Å². The Morgan fingerprint density at radius 2 is 1.95 bits per heavy atom. The fraction of sp³-hybridized carbons (Fsp3) is 0.533. The largest absolute Gasteiger partial charge is 0.494 e. The Labute approximate surface area is 115 Å². The number of nitrogens with one attached hydrogen (secondary N) is 1. The van der Waals surface area contributed by atoms with Gasteiger partial charge in [0.2, 0.25) is 5.91 Å². The fourth-order valence-electron chi connectivity index (χ4n) is 1.71. The highest BCUT2D eigenvalue weighted by Crippen LogP contribution is 2.12. The average molecular weight is 264 g/mol. The van der Waals surface area contributed by atoms with Crippen molar-refractivity contribution in [1.82, 2.24) is 10.2 Å². The van der Waals surface area contributed by atoms with Gasteiger partial charge in [0.25, 0.3) is 0 Å².